The number of aromatic carboxylic acids is 1. The van der Waals surface area contributed by atoms with Gasteiger partial charge in [-0.1, -0.05) is 0 Å². The van der Waals surface area contributed by atoms with Gasteiger partial charge in [0.1, 0.15) is 6.33 Å². The molecule has 20 heavy (non-hydrogen) atoms. The Morgan fingerprint density at radius 1 is 1.25 bits per heavy atom. The highest BCUT2D eigenvalue weighted by Gasteiger charge is 2.18. The van der Waals surface area contributed by atoms with Crippen LogP contribution in [0.1, 0.15) is 10.4 Å². The summed E-state index contributed by atoms with van der Waals surface area (Å²) in [6.07, 6.45) is 3.87. The molecule has 9 heteroatoms. The molecule has 0 aliphatic carbocycles. The number of carbonyl (C=O) groups is 1. The Labute approximate surface area is 128 Å². The molecule has 0 spiro atoms. The maximum Gasteiger partial charge on any atom is 0.336 e. The summed E-state index contributed by atoms with van der Waals surface area (Å²) in [5.41, 5.74) is 0.126. The van der Waals surface area contributed by atoms with Gasteiger partial charge in [-0.3, -0.25) is 4.72 Å². The number of hydrogen-bond acceptors (Lipinski definition) is 5. The van der Waals surface area contributed by atoms with Crippen LogP contribution in [0, 0.1) is 3.57 Å². The molecule has 104 valence electrons. The fourth-order valence-corrected chi connectivity index (χ4v) is 3.02. The van der Waals surface area contributed by atoms with E-state index in [1.54, 1.807) is 0 Å². The molecule has 2 rings (SSSR count). The topological polar surface area (TPSA) is 109 Å². The van der Waals surface area contributed by atoms with Crippen LogP contribution < -0.4 is 4.72 Å². The van der Waals surface area contributed by atoms with E-state index in [-0.39, 0.29) is 16.1 Å². The van der Waals surface area contributed by atoms with Crippen LogP contribution in [-0.2, 0) is 10.0 Å². The second-order valence-corrected chi connectivity index (χ2v) is 6.52. The van der Waals surface area contributed by atoms with E-state index in [4.69, 9.17) is 5.11 Å². The van der Waals surface area contributed by atoms with Crippen molar-refractivity contribution in [2.75, 3.05) is 4.72 Å². The zero-order valence-electron chi connectivity index (χ0n) is 9.82. The molecular formula is C11H8IN3O4S. The average Bonchev–Trinajstić information content (AvgIpc) is 2.39. The average molecular weight is 405 g/mol. The summed E-state index contributed by atoms with van der Waals surface area (Å²) in [4.78, 5) is 18.3. The number of anilines is 1. The molecule has 0 saturated heterocycles. The molecule has 2 aromatic rings. The summed E-state index contributed by atoms with van der Waals surface area (Å²) in [7, 11) is -3.88. The first-order valence-electron chi connectivity index (χ1n) is 5.21. The maximum atomic E-state index is 12.1. The number of carboxylic acid groups (broad SMARTS) is 1. The third-order valence-electron chi connectivity index (χ3n) is 2.29. The highest BCUT2D eigenvalue weighted by molar-refractivity contribution is 14.1. The molecule has 0 aliphatic heterocycles. The van der Waals surface area contributed by atoms with Gasteiger partial charge in [0, 0.05) is 3.57 Å². The predicted molar refractivity (Wildman–Crippen MR) is 79.0 cm³/mol. The van der Waals surface area contributed by atoms with Crippen LogP contribution in [0.2, 0.25) is 0 Å². The number of carboxylic acids is 1. The molecule has 1 heterocycles. The van der Waals surface area contributed by atoms with Crippen LogP contribution in [0.4, 0.5) is 5.69 Å². The van der Waals surface area contributed by atoms with Crippen molar-refractivity contribution >= 4 is 44.3 Å². The lowest BCUT2D eigenvalue weighted by atomic mass is 10.2. The number of hydrogen-bond donors (Lipinski definition) is 2. The third kappa shape index (κ3) is 3.22. The molecule has 0 saturated carbocycles. The van der Waals surface area contributed by atoms with E-state index in [2.05, 4.69) is 14.7 Å². The minimum Gasteiger partial charge on any atom is -0.478 e. The minimum atomic E-state index is -3.88. The van der Waals surface area contributed by atoms with Crippen LogP contribution in [0.15, 0.2) is 41.8 Å². The molecule has 1 aromatic heterocycles. The molecule has 0 amide bonds. The first-order valence-corrected chi connectivity index (χ1v) is 7.77. The number of rotatable bonds is 4. The Morgan fingerprint density at radius 3 is 2.50 bits per heavy atom. The zero-order chi connectivity index (χ0) is 14.8. The molecular weight excluding hydrogens is 397 g/mol. The second kappa shape index (κ2) is 5.71. The molecule has 0 bridgehead atoms. The summed E-state index contributed by atoms with van der Waals surface area (Å²) in [5, 5.41) is 9.01. The van der Waals surface area contributed by atoms with Gasteiger partial charge in [-0.25, -0.2) is 23.2 Å². The summed E-state index contributed by atoms with van der Waals surface area (Å²) in [6, 6.07) is 3.87. The van der Waals surface area contributed by atoms with Gasteiger partial charge in [-0.05, 0) is 40.8 Å². The first-order chi connectivity index (χ1) is 9.40. The second-order valence-electron chi connectivity index (χ2n) is 3.68. The van der Waals surface area contributed by atoms with Crippen molar-refractivity contribution in [3.8, 4) is 0 Å². The lowest BCUT2D eigenvalue weighted by Gasteiger charge is -2.08. The molecule has 7 nitrogen and oxygen atoms in total. The Kier molecular flexibility index (Phi) is 4.18. The van der Waals surface area contributed by atoms with Crippen molar-refractivity contribution in [2.45, 2.75) is 4.90 Å². The quantitative estimate of drug-likeness (QED) is 0.748. The molecule has 0 unspecified atom stereocenters. The number of nitrogens with zero attached hydrogens (tertiary/aromatic N) is 2. The van der Waals surface area contributed by atoms with Gasteiger partial charge < -0.3 is 5.11 Å². The minimum absolute atomic E-state index is 0.0715. The van der Waals surface area contributed by atoms with Crippen molar-refractivity contribution in [3.05, 3.63) is 46.1 Å². The lowest BCUT2D eigenvalue weighted by molar-refractivity contribution is 0.0695. The normalized spacial score (nSPS) is 11.1. The summed E-state index contributed by atoms with van der Waals surface area (Å²) < 4.78 is 27.0. The van der Waals surface area contributed by atoms with Crippen LogP contribution in [0.3, 0.4) is 0 Å². The Hall–Kier alpha value is -1.75. The van der Waals surface area contributed by atoms with Gasteiger partial charge >= 0.3 is 5.97 Å². The van der Waals surface area contributed by atoms with Crippen molar-refractivity contribution in [2.24, 2.45) is 0 Å². The van der Waals surface area contributed by atoms with Crippen LogP contribution in [-0.4, -0.2) is 29.5 Å². The van der Waals surface area contributed by atoms with E-state index in [9.17, 15) is 13.2 Å². The van der Waals surface area contributed by atoms with Crippen LogP contribution >= 0.6 is 22.6 Å². The van der Waals surface area contributed by atoms with E-state index < -0.39 is 16.0 Å². The van der Waals surface area contributed by atoms with E-state index in [1.807, 2.05) is 22.6 Å². The molecule has 0 atom stereocenters. The predicted octanol–water partition coefficient (Wildman–Crippen LogP) is 1.58. The number of nitrogens with one attached hydrogen (secondary N) is 1. The standard InChI is InChI=1S/C11H8IN3O4S/c12-10-2-1-8(3-9(10)11(16)17)20(18,19)15-7-4-13-6-14-5-7/h1-6,15H,(H,16,17). The number of aromatic nitrogens is 2. The van der Waals surface area contributed by atoms with E-state index >= 15 is 0 Å². The highest BCUT2D eigenvalue weighted by Crippen LogP contribution is 2.20. The smallest absolute Gasteiger partial charge is 0.336 e. The van der Waals surface area contributed by atoms with Crippen molar-refractivity contribution in [1.29, 1.82) is 0 Å². The van der Waals surface area contributed by atoms with Gasteiger partial charge in [0.25, 0.3) is 10.0 Å². The Morgan fingerprint density at radius 2 is 1.90 bits per heavy atom. The summed E-state index contributed by atoms with van der Waals surface area (Å²) >= 11 is 1.83. The van der Waals surface area contributed by atoms with Gasteiger partial charge in [0.15, 0.2) is 0 Å². The van der Waals surface area contributed by atoms with E-state index in [1.165, 1.54) is 30.9 Å². The fraction of sp³-hybridized carbons (Fsp3) is 0. The molecule has 1 aromatic carbocycles. The van der Waals surface area contributed by atoms with Crippen molar-refractivity contribution in [1.82, 2.24) is 9.97 Å². The number of benzene rings is 1. The Balaban J connectivity index is 2.40. The molecule has 0 fully saturated rings. The van der Waals surface area contributed by atoms with Gasteiger partial charge in [-0.2, -0.15) is 0 Å². The largest absolute Gasteiger partial charge is 0.478 e. The first kappa shape index (κ1) is 14.7. The summed E-state index contributed by atoms with van der Waals surface area (Å²) in [5.74, 6) is -1.19. The lowest BCUT2D eigenvalue weighted by Crippen LogP contribution is -2.14. The van der Waals surface area contributed by atoms with Crippen molar-refractivity contribution < 1.29 is 18.3 Å². The van der Waals surface area contributed by atoms with E-state index in [0.717, 1.165) is 6.07 Å². The van der Waals surface area contributed by atoms with E-state index in [0.29, 0.717) is 3.57 Å². The molecule has 0 radical (unpaired) electrons. The van der Waals surface area contributed by atoms with Gasteiger partial charge in [0.05, 0.1) is 28.5 Å². The highest BCUT2D eigenvalue weighted by atomic mass is 127. The van der Waals surface area contributed by atoms with Crippen molar-refractivity contribution in [3.63, 3.8) is 0 Å². The van der Waals surface area contributed by atoms with Crippen LogP contribution in [0.25, 0.3) is 0 Å². The Bertz CT molecular complexity index is 750. The van der Waals surface area contributed by atoms with Gasteiger partial charge in [-0.15, -0.1) is 0 Å². The van der Waals surface area contributed by atoms with Gasteiger partial charge in [0.2, 0.25) is 0 Å². The fourth-order valence-electron chi connectivity index (χ4n) is 1.40. The SMILES string of the molecule is O=C(O)c1cc(S(=O)(=O)Nc2cncnc2)ccc1I. The number of sulfonamides is 1. The number of halogens is 1. The van der Waals surface area contributed by atoms with Crippen LogP contribution in [0.5, 0.6) is 0 Å². The molecule has 2 N–H and O–H groups in total. The third-order valence-corrected chi connectivity index (χ3v) is 4.61. The summed E-state index contributed by atoms with van der Waals surface area (Å²) in [6.45, 7) is 0. The monoisotopic (exact) mass is 405 g/mol. The maximum absolute atomic E-state index is 12.1. The molecule has 0 aliphatic rings. The zero-order valence-corrected chi connectivity index (χ0v) is 12.8.